The van der Waals surface area contributed by atoms with Crippen molar-refractivity contribution in [3.63, 3.8) is 0 Å². The number of benzene rings is 3. The van der Waals surface area contributed by atoms with E-state index in [1.807, 2.05) is 54.4 Å². The summed E-state index contributed by atoms with van der Waals surface area (Å²) >= 11 is 0. The zero-order chi connectivity index (χ0) is 27.2. The highest BCUT2D eigenvalue weighted by atomic mass is 16.5. The molecule has 0 bridgehead atoms. The van der Waals surface area contributed by atoms with Crippen LogP contribution in [0.1, 0.15) is 36.5 Å². The normalized spacial score (nSPS) is 12.8. The van der Waals surface area contributed by atoms with E-state index in [0.29, 0.717) is 31.1 Å². The molecular formula is C32H36N4O3. The van der Waals surface area contributed by atoms with Crippen LogP contribution in [-0.4, -0.2) is 52.5 Å². The molecule has 0 spiro atoms. The van der Waals surface area contributed by atoms with E-state index < -0.39 is 0 Å². The number of hydrogen-bond acceptors (Lipinski definition) is 3. The van der Waals surface area contributed by atoms with Gasteiger partial charge in [-0.05, 0) is 62.4 Å². The Morgan fingerprint density at radius 3 is 2.51 bits per heavy atom. The smallest absolute Gasteiger partial charge is 0.322 e. The van der Waals surface area contributed by atoms with E-state index in [2.05, 4.69) is 53.6 Å². The zero-order valence-corrected chi connectivity index (χ0v) is 22.7. The summed E-state index contributed by atoms with van der Waals surface area (Å²) in [6.45, 7) is 5.55. The SMILES string of the molecule is CCOc1ccccc1NC(=O)N(CC(=O)N(CCc1c[nH]c2ccccc12)Cc1ccc(C)cc1)C1CC1. The van der Waals surface area contributed by atoms with Crippen molar-refractivity contribution in [1.82, 2.24) is 14.8 Å². The topological polar surface area (TPSA) is 77.7 Å². The van der Waals surface area contributed by atoms with Gasteiger partial charge in [0.1, 0.15) is 12.3 Å². The monoisotopic (exact) mass is 524 g/mol. The largest absolute Gasteiger partial charge is 0.492 e. The van der Waals surface area contributed by atoms with E-state index in [1.54, 1.807) is 4.90 Å². The molecule has 0 radical (unpaired) electrons. The second kappa shape index (κ2) is 12.1. The Bertz CT molecular complexity index is 1420. The van der Waals surface area contributed by atoms with Crippen molar-refractivity contribution in [1.29, 1.82) is 0 Å². The average molecular weight is 525 g/mol. The van der Waals surface area contributed by atoms with Crippen molar-refractivity contribution in [2.75, 3.05) is 25.0 Å². The van der Waals surface area contributed by atoms with Crippen LogP contribution in [0, 0.1) is 6.92 Å². The first-order valence-electron chi connectivity index (χ1n) is 13.7. The third-order valence-electron chi connectivity index (χ3n) is 7.16. The number of carbonyl (C=O) groups excluding carboxylic acids is 2. The maximum atomic E-state index is 13.8. The number of aromatic amines is 1. The first kappa shape index (κ1) is 26.4. The highest BCUT2D eigenvalue weighted by molar-refractivity contribution is 5.94. The molecule has 202 valence electrons. The van der Waals surface area contributed by atoms with Gasteiger partial charge >= 0.3 is 6.03 Å². The molecular weight excluding hydrogens is 488 g/mol. The van der Waals surface area contributed by atoms with Crippen LogP contribution in [0.15, 0.2) is 79.0 Å². The summed E-state index contributed by atoms with van der Waals surface area (Å²) in [5, 5.41) is 4.15. The van der Waals surface area contributed by atoms with E-state index in [1.165, 1.54) is 16.5 Å². The summed E-state index contributed by atoms with van der Waals surface area (Å²) in [6.07, 6.45) is 4.56. The van der Waals surface area contributed by atoms with Crippen molar-refractivity contribution in [3.05, 3.63) is 95.7 Å². The molecule has 3 aromatic carbocycles. The van der Waals surface area contributed by atoms with E-state index in [0.717, 1.165) is 30.3 Å². The van der Waals surface area contributed by atoms with E-state index in [4.69, 9.17) is 4.74 Å². The molecule has 1 heterocycles. The van der Waals surface area contributed by atoms with E-state index in [-0.39, 0.29) is 24.5 Å². The molecule has 5 rings (SSSR count). The molecule has 2 N–H and O–H groups in total. The molecule has 1 aliphatic carbocycles. The standard InChI is InChI=1S/C32H36N4O3/c1-3-39-30-11-7-6-10-29(30)34-32(38)36(26-16-17-26)22-31(37)35(21-24-14-12-23(2)13-15-24)19-18-25-20-33-28-9-5-4-8-27(25)28/h4-15,20,26,33H,3,16-19,21-22H2,1-2H3,(H,34,38). The van der Waals surface area contributed by atoms with Gasteiger partial charge in [0.2, 0.25) is 5.91 Å². The summed E-state index contributed by atoms with van der Waals surface area (Å²) in [7, 11) is 0. The number of anilines is 1. The molecule has 1 fully saturated rings. The van der Waals surface area contributed by atoms with Crippen molar-refractivity contribution in [2.45, 2.75) is 45.7 Å². The summed E-state index contributed by atoms with van der Waals surface area (Å²) in [5.74, 6) is 0.561. The number of H-pyrrole nitrogens is 1. The Morgan fingerprint density at radius 2 is 1.74 bits per heavy atom. The Hall–Kier alpha value is -4.26. The molecule has 0 saturated heterocycles. The van der Waals surface area contributed by atoms with Crippen molar-refractivity contribution < 1.29 is 14.3 Å². The molecule has 0 aliphatic heterocycles. The fraction of sp³-hybridized carbons (Fsp3) is 0.312. The van der Waals surface area contributed by atoms with Crippen LogP contribution in [0.5, 0.6) is 5.75 Å². The minimum absolute atomic E-state index is 0.0348. The quantitative estimate of drug-likeness (QED) is 0.247. The number of nitrogens with zero attached hydrogens (tertiary/aromatic N) is 2. The third-order valence-corrected chi connectivity index (χ3v) is 7.16. The highest BCUT2D eigenvalue weighted by Gasteiger charge is 2.35. The van der Waals surface area contributed by atoms with Crippen LogP contribution in [-0.2, 0) is 17.8 Å². The van der Waals surface area contributed by atoms with Crippen molar-refractivity contribution in [3.8, 4) is 5.75 Å². The number of aromatic nitrogens is 1. The van der Waals surface area contributed by atoms with Crippen LogP contribution < -0.4 is 10.1 Å². The van der Waals surface area contributed by atoms with Gasteiger partial charge in [0.05, 0.1) is 12.3 Å². The Kier molecular flexibility index (Phi) is 8.16. The van der Waals surface area contributed by atoms with Gasteiger partial charge in [0.25, 0.3) is 0 Å². The van der Waals surface area contributed by atoms with Gasteiger partial charge in [-0.15, -0.1) is 0 Å². The number of amides is 3. The second-order valence-corrected chi connectivity index (χ2v) is 10.1. The van der Waals surface area contributed by atoms with Crippen molar-refractivity contribution >= 4 is 28.5 Å². The maximum absolute atomic E-state index is 13.8. The summed E-state index contributed by atoms with van der Waals surface area (Å²) in [4.78, 5) is 34.0. The average Bonchev–Trinajstić information content (AvgIpc) is 3.71. The van der Waals surface area contributed by atoms with Gasteiger partial charge in [-0.25, -0.2) is 4.79 Å². The number of urea groups is 1. The van der Waals surface area contributed by atoms with Gasteiger partial charge in [0.15, 0.2) is 0 Å². The number of rotatable bonds is 11. The van der Waals surface area contributed by atoms with E-state index >= 15 is 0 Å². The summed E-state index contributed by atoms with van der Waals surface area (Å²) in [6, 6.07) is 23.7. The van der Waals surface area contributed by atoms with E-state index in [9.17, 15) is 9.59 Å². The Morgan fingerprint density at radius 1 is 1.00 bits per heavy atom. The highest BCUT2D eigenvalue weighted by Crippen LogP contribution is 2.30. The lowest BCUT2D eigenvalue weighted by atomic mass is 10.1. The molecule has 0 atom stereocenters. The lowest BCUT2D eigenvalue weighted by molar-refractivity contribution is -0.132. The molecule has 0 unspecified atom stereocenters. The van der Waals surface area contributed by atoms with Gasteiger partial charge in [-0.2, -0.15) is 0 Å². The first-order chi connectivity index (χ1) is 19.0. The number of fused-ring (bicyclic) bond motifs is 1. The molecule has 1 saturated carbocycles. The predicted molar refractivity (Wildman–Crippen MR) is 155 cm³/mol. The maximum Gasteiger partial charge on any atom is 0.322 e. The Balaban J connectivity index is 1.32. The van der Waals surface area contributed by atoms with Crippen LogP contribution in [0.4, 0.5) is 10.5 Å². The number of nitrogens with one attached hydrogen (secondary N) is 2. The molecule has 7 nitrogen and oxygen atoms in total. The van der Waals surface area contributed by atoms with Crippen LogP contribution in [0.2, 0.25) is 0 Å². The third kappa shape index (κ3) is 6.60. The molecule has 3 amide bonds. The minimum atomic E-state index is -0.273. The Labute approximate surface area is 229 Å². The molecule has 1 aliphatic rings. The number of carbonyl (C=O) groups is 2. The van der Waals surface area contributed by atoms with Crippen molar-refractivity contribution in [2.24, 2.45) is 0 Å². The van der Waals surface area contributed by atoms with Crippen LogP contribution in [0.3, 0.4) is 0 Å². The van der Waals surface area contributed by atoms with Gasteiger partial charge in [-0.3, -0.25) is 4.79 Å². The van der Waals surface area contributed by atoms with Gasteiger partial charge in [0, 0.05) is 36.2 Å². The lowest BCUT2D eigenvalue weighted by Gasteiger charge is -2.28. The summed E-state index contributed by atoms with van der Waals surface area (Å²) < 4.78 is 5.67. The number of hydrogen-bond donors (Lipinski definition) is 2. The first-order valence-corrected chi connectivity index (χ1v) is 13.7. The van der Waals surface area contributed by atoms with Crippen LogP contribution in [0.25, 0.3) is 10.9 Å². The predicted octanol–water partition coefficient (Wildman–Crippen LogP) is 6.14. The number of aryl methyl sites for hydroxylation is 1. The van der Waals surface area contributed by atoms with Crippen LogP contribution >= 0.6 is 0 Å². The minimum Gasteiger partial charge on any atom is -0.492 e. The fourth-order valence-corrected chi connectivity index (χ4v) is 4.84. The number of ether oxygens (including phenoxy) is 1. The fourth-order valence-electron chi connectivity index (χ4n) is 4.84. The number of para-hydroxylation sites is 3. The lowest BCUT2D eigenvalue weighted by Crippen LogP contribution is -2.45. The molecule has 1 aromatic heterocycles. The molecule has 4 aromatic rings. The molecule has 7 heteroatoms. The van der Waals surface area contributed by atoms with Gasteiger partial charge in [-0.1, -0.05) is 60.2 Å². The molecule has 39 heavy (non-hydrogen) atoms. The zero-order valence-electron chi connectivity index (χ0n) is 22.7. The summed E-state index contributed by atoms with van der Waals surface area (Å²) in [5.41, 5.74) is 5.13. The van der Waals surface area contributed by atoms with Gasteiger partial charge < -0.3 is 24.8 Å². The second-order valence-electron chi connectivity index (χ2n) is 10.1.